The summed E-state index contributed by atoms with van der Waals surface area (Å²) >= 11 is 0. The van der Waals surface area contributed by atoms with Crippen molar-refractivity contribution in [2.45, 2.75) is 26.7 Å². The Balaban J connectivity index is 1.73. The second-order valence-corrected chi connectivity index (χ2v) is 7.34. The molecule has 0 aliphatic heterocycles. The number of carbonyl (C=O) groups is 1. The van der Waals surface area contributed by atoms with Gasteiger partial charge in [0.2, 0.25) is 5.91 Å². The molecule has 2 aromatic heterocycles. The molecule has 31 heavy (non-hydrogen) atoms. The summed E-state index contributed by atoms with van der Waals surface area (Å²) in [5, 5.41) is 7.54. The summed E-state index contributed by atoms with van der Waals surface area (Å²) in [6, 6.07) is 7.15. The maximum atomic E-state index is 12.6. The van der Waals surface area contributed by atoms with Crippen LogP contribution in [0.1, 0.15) is 23.4 Å². The van der Waals surface area contributed by atoms with Crippen molar-refractivity contribution in [3.63, 3.8) is 0 Å². The first-order chi connectivity index (χ1) is 14.8. The van der Waals surface area contributed by atoms with E-state index in [1.807, 2.05) is 38.9 Å². The van der Waals surface area contributed by atoms with Gasteiger partial charge in [-0.05, 0) is 25.8 Å². The van der Waals surface area contributed by atoms with Gasteiger partial charge in [-0.1, -0.05) is 0 Å². The zero-order valence-electron chi connectivity index (χ0n) is 18.8. The smallest absolute Gasteiger partial charge is 0.224 e. The minimum Gasteiger partial charge on any atom is -0.497 e. The van der Waals surface area contributed by atoms with E-state index in [4.69, 9.17) is 9.47 Å². The largest absolute Gasteiger partial charge is 0.497 e. The minimum absolute atomic E-state index is 0.0983. The topological polar surface area (TPSA) is 94.4 Å². The molecular formula is C22H28N6O3. The molecule has 0 aliphatic rings. The SMILES string of the molecule is COc1cc(NC(=O)CCc2c(C)nn(-c3cc(N(C)C)ncn3)c2C)cc(OC)c1. The molecular weight excluding hydrogens is 396 g/mol. The van der Waals surface area contributed by atoms with Crippen LogP contribution in [-0.4, -0.2) is 54.0 Å². The van der Waals surface area contributed by atoms with Crippen molar-refractivity contribution >= 4 is 17.4 Å². The van der Waals surface area contributed by atoms with Crippen molar-refractivity contribution in [2.24, 2.45) is 0 Å². The number of hydrogen-bond donors (Lipinski definition) is 1. The van der Waals surface area contributed by atoms with E-state index in [9.17, 15) is 4.79 Å². The van der Waals surface area contributed by atoms with E-state index in [1.165, 1.54) is 6.33 Å². The molecule has 0 spiro atoms. The Labute approximate surface area is 182 Å². The van der Waals surface area contributed by atoms with Crippen molar-refractivity contribution in [2.75, 3.05) is 38.5 Å². The van der Waals surface area contributed by atoms with Crippen molar-refractivity contribution in [1.82, 2.24) is 19.7 Å². The van der Waals surface area contributed by atoms with E-state index in [0.717, 1.165) is 22.8 Å². The molecule has 3 rings (SSSR count). The Hall–Kier alpha value is -3.62. The second-order valence-electron chi connectivity index (χ2n) is 7.34. The molecule has 0 aliphatic carbocycles. The standard InChI is InChI=1S/C22H28N6O3/c1-14-19(15(2)28(26-14)21-12-20(27(3)4)23-13-24-21)7-8-22(29)25-16-9-17(30-5)11-18(10-16)31-6/h9-13H,7-8H2,1-6H3,(H,25,29). The maximum absolute atomic E-state index is 12.6. The summed E-state index contributed by atoms with van der Waals surface area (Å²) in [6.45, 7) is 3.93. The van der Waals surface area contributed by atoms with Gasteiger partial charge >= 0.3 is 0 Å². The molecule has 0 saturated carbocycles. The number of benzene rings is 1. The first-order valence-corrected chi connectivity index (χ1v) is 9.90. The van der Waals surface area contributed by atoms with Gasteiger partial charge in [0.05, 0.1) is 19.9 Å². The Morgan fingerprint density at radius 1 is 1.06 bits per heavy atom. The first kappa shape index (κ1) is 22.1. The fraction of sp³-hybridized carbons (Fsp3) is 0.364. The molecule has 0 unspecified atom stereocenters. The van der Waals surface area contributed by atoms with Gasteiger partial charge < -0.3 is 19.7 Å². The number of nitrogens with one attached hydrogen (secondary N) is 1. The fourth-order valence-electron chi connectivity index (χ4n) is 3.30. The number of rotatable bonds is 8. The molecule has 0 atom stereocenters. The van der Waals surface area contributed by atoms with Gasteiger partial charge in [0.15, 0.2) is 5.82 Å². The van der Waals surface area contributed by atoms with Crippen LogP contribution >= 0.6 is 0 Å². The highest BCUT2D eigenvalue weighted by Crippen LogP contribution is 2.26. The molecule has 2 heterocycles. The Bertz CT molecular complexity index is 1050. The lowest BCUT2D eigenvalue weighted by atomic mass is 10.1. The van der Waals surface area contributed by atoms with Crippen LogP contribution in [0.25, 0.3) is 5.82 Å². The van der Waals surface area contributed by atoms with E-state index in [2.05, 4.69) is 20.4 Å². The Morgan fingerprint density at radius 2 is 1.74 bits per heavy atom. The monoisotopic (exact) mass is 424 g/mol. The average Bonchev–Trinajstić information content (AvgIpc) is 3.05. The number of carbonyl (C=O) groups excluding carboxylic acids is 1. The van der Waals surface area contributed by atoms with Gasteiger partial charge in [-0.3, -0.25) is 4.79 Å². The number of hydrogen-bond acceptors (Lipinski definition) is 7. The molecule has 9 nitrogen and oxygen atoms in total. The quantitative estimate of drug-likeness (QED) is 0.594. The van der Waals surface area contributed by atoms with Crippen LogP contribution in [0.5, 0.6) is 11.5 Å². The van der Waals surface area contributed by atoms with E-state index in [1.54, 1.807) is 37.1 Å². The molecule has 0 radical (unpaired) electrons. The number of anilines is 2. The summed E-state index contributed by atoms with van der Waals surface area (Å²) in [6.07, 6.45) is 2.41. The predicted molar refractivity (Wildman–Crippen MR) is 119 cm³/mol. The first-order valence-electron chi connectivity index (χ1n) is 9.90. The lowest BCUT2D eigenvalue weighted by Gasteiger charge is -2.12. The fourth-order valence-corrected chi connectivity index (χ4v) is 3.30. The lowest BCUT2D eigenvalue weighted by molar-refractivity contribution is -0.116. The van der Waals surface area contributed by atoms with Crippen LogP contribution < -0.4 is 19.7 Å². The van der Waals surface area contributed by atoms with E-state index in [-0.39, 0.29) is 5.91 Å². The van der Waals surface area contributed by atoms with Gasteiger partial charge in [-0.2, -0.15) is 5.10 Å². The van der Waals surface area contributed by atoms with Crippen LogP contribution in [0, 0.1) is 13.8 Å². The van der Waals surface area contributed by atoms with Gasteiger partial charge in [-0.15, -0.1) is 0 Å². The zero-order chi connectivity index (χ0) is 22.5. The summed E-state index contributed by atoms with van der Waals surface area (Å²) in [4.78, 5) is 23.1. The molecule has 1 amide bonds. The lowest BCUT2D eigenvalue weighted by Crippen LogP contribution is -2.13. The van der Waals surface area contributed by atoms with Crippen molar-refractivity contribution in [3.05, 3.63) is 47.5 Å². The third kappa shape index (κ3) is 5.11. The second kappa shape index (κ2) is 9.46. The highest BCUT2D eigenvalue weighted by Gasteiger charge is 2.16. The number of methoxy groups -OCH3 is 2. The maximum Gasteiger partial charge on any atom is 0.224 e. The molecule has 9 heteroatoms. The molecule has 3 aromatic rings. The van der Waals surface area contributed by atoms with Gasteiger partial charge in [0.1, 0.15) is 23.6 Å². The van der Waals surface area contributed by atoms with Crippen LogP contribution in [0.3, 0.4) is 0 Å². The third-order valence-corrected chi connectivity index (χ3v) is 4.99. The van der Waals surface area contributed by atoms with Gasteiger partial charge in [-0.25, -0.2) is 14.6 Å². The Kier molecular flexibility index (Phi) is 6.74. The summed E-state index contributed by atoms with van der Waals surface area (Å²) in [5.74, 6) is 2.62. The van der Waals surface area contributed by atoms with Crippen molar-refractivity contribution < 1.29 is 14.3 Å². The number of nitrogens with zero attached hydrogens (tertiary/aromatic N) is 5. The number of aryl methyl sites for hydroxylation is 1. The van der Waals surface area contributed by atoms with Gasteiger partial charge in [0, 0.05) is 56.2 Å². The third-order valence-electron chi connectivity index (χ3n) is 4.99. The minimum atomic E-state index is -0.0983. The predicted octanol–water partition coefficient (Wildman–Crippen LogP) is 2.93. The highest BCUT2D eigenvalue weighted by atomic mass is 16.5. The van der Waals surface area contributed by atoms with E-state index in [0.29, 0.717) is 35.8 Å². The van der Waals surface area contributed by atoms with Crippen LogP contribution in [0.2, 0.25) is 0 Å². The molecule has 0 saturated heterocycles. The molecule has 164 valence electrons. The van der Waals surface area contributed by atoms with Crippen molar-refractivity contribution in [1.29, 1.82) is 0 Å². The van der Waals surface area contributed by atoms with Crippen molar-refractivity contribution in [3.8, 4) is 17.3 Å². The average molecular weight is 425 g/mol. The zero-order valence-corrected chi connectivity index (χ0v) is 18.8. The molecule has 0 fully saturated rings. The summed E-state index contributed by atoms with van der Waals surface area (Å²) in [7, 11) is 7.00. The van der Waals surface area contributed by atoms with Crippen LogP contribution in [0.4, 0.5) is 11.5 Å². The summed E-state index contributed by atoms with van der Waals surface area (Å²) < 4.78 is 12.3. The Morgan fingerprint density at radius 3 is 2.35 bits per heavy atom. The van der Waals surface area contributed by atoms with E-state index < -0.39 is 0 Å². The molecule has 0 bridgehead atoms. The molecule has 1 aromatic carbocycles. The number of amides is 1. The van der Waals surface area contributed by atoms with Crippen LogP contribution in [0.15, 0.2) is 30.6 Å². The van der Waals surface area contributed by atoms with E-state index >= 15 is 0 Å². The molecule has 1 N–H and O–H groups in total. The number of ether oxygens (including phenoxy) is 2. The van der Waals surface area contributed by atoms with Crippen LogP contribution in [-0.2, 0) is 11.2 Å². The highest BCUT2D eigenvalue weighted by molar-refractivity contribution is 5.91. The normalized spacial score (nSPS) is 10.6. The van der Waals surface area contributed by atoms with Gasteiger partial charge in [0.25, 0.3) is 0 Å². The summed E-state index contributed by atoms with van der Waals surface area (Å²) in [5.41, 5.74) is 3.49. The number of aromatic nitrogens is 4.